The van der Waals surface area contributed by atoms with Crippen LogP contribution in [0.25, 0.3) is 31.0 Å². The summed E-state index contributed by atoms with van der Waals surface area (Å²) in [6.07, 6.45) is 1.17. The fraction of sp³-hybridized carbons (Fsp3) is 0.154. The topological polar surface area (TPSA) is 50.2 Å². The number of nitrogens with zero attached hydrogens (tertiary/aromatic N) is 1. The number of ketones is 1. The second-order valence-electron chi connectivity index (χ2n) is 7.22. The molecule has 3 nitrogen and oxygen atoms in total. The van der Waals surface area contributed by atoms with Gasteiger partial charge in [-0.15, -0.1) is 0 Å². The number of aliphatic hydroxyl groups excluding tert-OH is 1. The molecule has 0 spiro atoms. The Balaban J connectivity index is 0.000000373. The molecule has 0 aliphatic rings. The van der Waals surface area contributed by atoms with E-state index in [0.717, 1.165) is 16.8 Å². The van der Waals surface area contributed by atoms with E-state index in [1.807, 2.05) is 0 Å². The Bertz CT molecular complexity index is 1190. The number of benzene rings is 2. The zero-order valence-electron chi connectivity index (χ0n) is 17.9. The van der Waals surface area contributed by atoms with Gasteiger partial charge in [-0.1, -0.05) is 0 Å². The predicted octanol–water partition coefficient (Wildman–Crippen LogP) is 6.08. The van der Waals surface area contributed by atoms with Gasteiger partial charge in [0.2, 0.25) is 0 Å². The average Bonchev–Trinajstić information content (AvgIpc) is 3.11. The smallest absolute Gasteiger partial charge is 0 e. The molecule has 0 aliphatic carbocycles. The summed E-state index contributed by atoms with van der Waals surface area (Å²) >= 11 is 0.269. The van der Waals surface area contributed by atoms with E-state index in [4.69, 9.17) is 10.1 Å². The van der Waals surface area contributed by atoms with Crippen LogP contribution in [0.15, 0.2) is 72.5 Å². The number of carbonyl (C=O) groups excluding carboxylic acids is 1. The van der Waals surface area contributed by atoms with Crippen LogP contribution in [0, 0.1) is 19.9 Å². The van der Waals surface area contributed by atoms with Gasteiger partial charge < -0.3 is 5.11 Å². The Morgan fingerprint density at radius 1 is 1.03 bits per heavy atom. The number of rotatable bonds is 3. The van der Waals surface area contributed by atoms with Gasteiger partial charge >= 0.3 is 142 Å². The van der Waals surface area contributed by atoms with Crippen molar-refractivity contribution in [3.05, 3.63) is 89.7 Å². The van der Waals surface area contributed by atoms with E-state index >= 15 is 0 Å². The van der Waals surface area contributed by atoms with Crippen LogP contribution in [0.4, 0.5) is 0 Å². The number of hydrogen-bond donors (Lipinski definition) is 1. The minimum atomic E-state index is -0.125. The quantitative estimate of drug-likeness (QED) is 0.126. The normalized spacial score (nSPS) is 10.8. The molecular weight excluding hydrogens is 629 g/mol. The molecule has 0 unspecified atom stereocenters. The van der Waals surface area contributed by atoms with Crippen LogP contribution >= 0.6 is 0 Å². The van der Waals surface area contributed by atoms with Gasteiger partial charge in [-0.2, -0.15) is 0 Å². The van der Waals surface area contributed by atoms with Crippen LogP contribution in [0.1, 0.15) is 25.0 Å². The summed E-state index contributed by atoms with van der Waals surface area (Å²) in [6, 6.07) is 24.9. The summed E-state index contributed by atoms with van der Waals surface area (Å²) in [5, 5.41) is 9.62. The van der Waals surface area contributed by atoms with Crippen LogP contribution in [-0.2, 0) is 24.9 Å². The fourth-order valence-electron chi connectivity index (χ4n) is 3.14. The number of aromatic nitrogens is 1. The third-order valence-corrected chi connectivity index (χ3v) is 6.57. The summed E-state index contributed by atoms with van der Waals surface area (Å²) in [4.78, 5) is 14.9. The molecule has 1 N–H and O–H groups in total. The first-order valence-electron chi connectivity index (χ1n) is 9.66. The zero-order chi connectivity index (χ0) is 21.7. The van der Waals surface area contributed by atoms with E-state index in [1.54, 1.807) is 0 Å². The van der Waals surface area contributed by atoms with Crippen molar-refractivity contribution in [1.82, 2.24) is 4.98 Å². The van der Waals surface area contributed by atoms with E-state index in [2.05, 4.69) is 80.6 Å². The van der Waals surface area contributed by atoms with Gasteiger partial charge in [0.15, 0.2) is 5.78 Å². The number of pyridine rings is 1. The van der Waals surface area contributed by atoms with Gasteiger partial charge in [0.1, 0.15) is 0 Å². The number of aliphatic hydroxyl groups is 1. The maximum atomic E-state index is 10.0. The molecule has 2 aromatic heterocycles. The van der Waals surface area contributed by atoms with Gasteiger partial charge in [0, 0.05) is 26.2 Å². The summed E-state index contributed by atoms with van der Waals surface area (Å²) in [7, 11) is 0. The van der Waals surface area contributed by atoms with Crippen molar-refractivity contribution in [3.63, 3.8) is 0 Å². The van der Waals surface area contributed by atoms with E-state index in [0.29, 0.717) is 0 Å². The van der Waals surface area contributed by atoms with Gasteiger partial charge in [0.05, 0.1) is 5.76 Å². The SMILES string of the molecule is CC(=O)/C=C(/C)O.Cc1[c-]c(-c2ccc3cc(-c4ccccc4)[se]c3n2)cc(C)c1.[Ir]. The standard InChI is InChI=1S/C21H16NSe.C5H8O2.Ir/c1-14-10-15(2)12-18(11-14)19-9-8-17-13-20(23-21(17)22-19)16-6-4-3-5-7-16;1-4(6)3-5(2)7;/h3-11,13H,1-2H3;3,6H,1-2H3;/q-1;;/b;4-3-;. The molecular formula is C26H24IrNO2Se-. The maximum Gasteiger partial charge on any atom is 0 e. The van der Waals surface area contributed by atoms with Crippen molar-refractivity contribution in [2.24, 2.45) is 0 Å². The van der Waals surface area contributed by atoms with Crippen LogP contribution < -0.4 is 0 Å². The van der Waals surface area contributed by atoms with Crippen LogP contribution in [0.3, 0.4) is 0 Å². The van der Waals surface area contributed by atoms with Gasteiger partial charge in [-0.05, 0) is 13.8 Å². The van der Waals surface area contributed by atoms with Crippen molar-refractivity contribution in [2.45, 2.75) is 27.7 Å². The Hall–Kier alpha value is -2.29. The fourth-order valence-corrected chi connectivity index (χ4v) is 5.32. The third kappa shape index (κ3) is 7.12. The molecule has 0 aliphatic heterocycles. The van der Waals surface area contributed by atoms with Crippen molar-refractivity contribution >= 4 is 30.1 Å². The molecule has 2 heterocycles. The summed E-state index contributed by atoms with van der Waals surface area (Å²) < 4.78 is 2.63. The van der Waals surface area contributed by atoms with Crippen LogP contribution in [0.5, 0.6) is 0 Å². The Morgan fingerprint density at radius 2 is 1.74 bits per heavy atom. The molecule has 0 saturated heterocycles. The van der Waals surface area contributed by atoms with Gasteiger partial charge in [-0.25, -0.2) is 0 Å². The maximum absolute atomic E-state index is 10.0. The van der Waals surface area contributed by atoms with Crippen molar-refractivity contribution in [3.8, 4) is 21.3 Å². The predicted molar refractivity (Wildman–Crippen MR) is 125 cm³/mol. The molecule has 0 fully saturated rings. The summed E-state index contributed by atoms with van der Waals surface area (Å²) in [5.74, 6) is -0.0625. The molecule has 31 heavy (non-hydrogen) atoms. The van der Waals surface area contributed by atoms with Crippen molar-refractivity contribution in [2.75, 3.05) is 0 Å². The number of hydrogen-bond acceptors (Lipinski definition) is 3. The van der Waals surface area contributed by atoms with Gasteiger partial charge in [-0.3, -0.25) is 4.79 Å². The number of aryl methyl sites for hydroxylation is 2. The first kappa shape index (κ1) is 25.0. The largest absolute Gasteiger partial charge is 0 e. The second-order valence-corrected chi connectivity index (χ2v) is 9.38. The summed E-state index contributed by atoms with van der Waals surface area (Å²) in [6.45, 7) is 7.06. The van der Waals surface area contributed by atoms with Crippen LogP contribution in [0.2, 0.25) is 0 Å². The average molecular weight is 654 g/mol. The molecule has 0 saturated carbocycles. The monoisotopic (exact) mass is 655 g/mol. The second kappa shape index (κ2) is 11.4. The van der Waals surface area contributed by atoms with E-state index < -0.39 is 0 Å². The first-order chi connectivity index (χ1) is 14.3. The Kier molecular flexibility index (Phi) is 9.15. The van der Waals surface area contributed by atoms with Crippen LogP contribution in [-0.4, -0.2) is 30.4 Å². The number of allylic oxidation sites excluding steroid dienone is 2. The molecule has 161 valence electrons. The summed E-state index contributed by atoms with van der Waals surface area (Å²) in [5.41, 5.74) is 5.85. The molecule has 5 heteroatoms. The van der Waals surface area contributed by atoms with Gasteiger partial charge in [0.25, 0.3) is 0 Å². The van der Waals surface area contributed by atoms with E-state index in [-0.39, 0.29) is 46.2 Å². The molecule has 2 aromatic carbocycles. The molecule has 1 radical (unpaired) electrons. The van der Waals surface area contributed by atoms with E-state index in [9.17, 15) is 4.79 Å². The molecule has 0 amide bonds. The Morgan fingerprint density at radius 3 is 2.32 bits per heavy atom. The Labute approximate surface area is 203 Å². The number of carbonyl (C=O) groups is 1. The van der Waals surface area contributed by atoms with E-state index in [1.165, 1.54) is 45.3 Å². The third-order valence-electron chi connectivity index (χ3n) is 4.28. The first-order valence-corrected chi connectivity index (χ1v) is 11.4. The molecule has 0 atom stereocenters. The minimum absolute atomic E-state index is 0. The number of fused-ring (bicyclic) bond motifs is 1. The molecule has 0 bridgehead atoms. The molecule has 4 rings (SSSR count). The van der Waals surface area contributed by atoms with Crippen molar-refractivity contribution in [1.29, 1.82) is 0 Å². The minimum Gasteiger partial charge on any atom is 0 e. The molecule has 4 aromatic rings. The van der Waals surface area contributed by atoms with Crippen molar-refractivity contribution < 1.29 is 30.0 Å². The zero-order valence-corrected chi connectivity index (χ0v) is 22.0.